The first-order valence-electron chi connectivity index (χ1n) is 4.88. The van der Waals surface area contributed by atoms with Crippen molar-refractivity contribution >= 4 is 11.6 Å². The number of hydrogen-bond acceptors (Lipinski definition) is 2. The Morgan fingerprint density at radius 2 is 1.94 bits per heavy atom. The summed E-state index contributed by atoms with van der Waals surface area (Å²) in [5.74, 6) is -1.78. The lowest BCUT2D eigenvalue weighted by Crippen LogP contribution is -2.36. The van der Waals surface area contributed by atoms with Gasteiger partial charge < -0.3 is 0 Å². The van der Waals surface area contributed by atoms with Crippen LogP contribution in [0.3, 0.4) is 0 Å². The topological polar surface area (TPSA) is 54.9 Å². The van der Waals surface area contributed by atoms with E-state index in [-0.39, 0.29) is 5.69 Å². The van der Waals surface area contributed by atoms with Gasteiger partial charge in [-0.25, -0.2) is 13.8 Å². The molecule has 0 aliphatic rings. The van der Waals surface area contributed by atoms with Gasteiger partial charge in [0.1, 0.15) is 5.82 Å². The fourth-order valence-electron chi connectivity index (χ4n) is 1.58. The maximum absolute atomic E-state index is 13.4. The SMILES string of the molecule is Cc1cc(F)ccc1-n1c(=O)[nH]c(Cl)c(F)c1=O. The molecule has 0 atom stereocenters. The zero-order valence-electron chi connectivity index (χ0n) is 9.13. The molecule has 0 fully saturated rings. The Morgan fingerprint density at radius 1 is 1.28 bits per heavy atom. The molecule has 0 amide bonds. The second-order valence-corrected chi connectivity index (χ2v) is 4.01. The van der Waals surface area contributed by atoms with Crippen molar-refractivity contribution in [1.82, 2.24) is 9.55 Å². The summed E-state index contributed by atoms with van der Waals surface area (Å²) < 4.78 is 26.9. The van der Waals surface area contributed by atoms with Gasteiger partial charge in [-0.05, 0) is 30.7 Å². The lowest BCUT2D eigenvalue weighted by Gasteiger charge is -2.08. The second kappa shape index (κ2) is 4.38. The van der Waals surface area contributed by atoms with Crippen molar-refractivity contribution in [2.75, 3.05) is 0 Å². The number of aromatic nitrogens is 2. The number of halogens is 3. The molecule has 1 heterocycles. The number of aromatic amines is 1. The number of hydrogen-bond donors (Lipinski definition) is 1. The average Bonchev–Trinajstić information content (AvgIpc) is 2.29. The van der Waals surface area contributed by atoms with E-state index in [1.165, 1.54) is 13.0 Å². The first-order chi connectivity index (χ1) is 8.41. The van der Waals surface area contributed by atoms with Gasteiger partial charge in [0.15, 0.2) is 5.15 Å². The van der Waals surface area contributed by atoms with Crippen molar-refractivity contribution < 1.29 is 8.78 Å². The third-order valence-corrected chi connectivity index (χ3v) is 2.66. The number of nitrogens with one attached hydrogen (secondary N) is 1. The minimum Gasteiger partial charge on any atom is -0.295 e. The third kappa shape index (κ3) is 1.95. The first-order valence-corrected chi connectivity index (χ1v) is 5.26. The van der Waals surface area contributed by atoms with Crippen LogP contribution in [0.2, 0.25) is 5.15 Å². The van der Waals surface area contributed by atoms with E-state index in [9.17, 15) is 18.4 Å². The number of H-pyrrole nitrogens is 1. The van der Waals surface area contributed by atoms with Crippen LogP contribution in [0.25, 0.3) is 5.69 Å². The van der Waals surface area contributed by atoms with Crippen molar-refractivity contribution in [1.29, 1.82) is 0 Å². The predicted octanol–water partition coefficient (Wildman–Crippen LogP) is 1.77. The highest BCUT2D eigenvalue weighted by Gasteiger charge is 2.15. The minimum absolute atomic E-state index is 0.0956. The number of benzene rings is 1. The van der Waals surface area contributed by atoms with Crippen LogP contribution in [0.1, 0.15) is 5.56 Å². The van der Waals surface area contributed by atoms with Gasteiger partial charge in [0.25, 0.3) is 5.56 Å². The van der Waals surface area contributed by atoms with E-state index in [1.54, 1.807) is 0 Å². The van der Waals surface area contributed by atoms with Crippen LogP contribution in [0, 0.1) is 18.6 Å². The summed E-state index contributed by atoms with van der Waals surface area (Å²) in [6.07, 6.45) is 0. The molecule has 0 saturated heterocycles. The van der Waals surface area contributed by atoms with Crippen LogP contribution in [0.15, 0.2) is 27.8 Å². The van der Waals surface area contributed by atoms with E-state index in [0.717, 1.165) is 12.1 Å². The van der Waals surface area contributed by atoms with Gasteiger partial charge in [0, 0.05) is 0 Å². The highest BCUT2D eigenvalue weighted by Crippen LogP contribution is 2.13. The molecule has 94 valence electrons. The predicted molar refractivity (Wildman–Crippen MR) is 62.3 cm³/mol. The molecule has 0 unspecified atom stereocenters. The summed E-state index contributed by atoms with van der Waals surface area (Å²) in [6, 6.07) is 3.42. The average molecular weight is 273 g/mol. The summed E-state index contributed by atoms with van der Waals surface area (Å²) in [6.45, 7) is 1.50. The minimum atomic E-state index is -1.26. The van der Waals surface area contributed by atoms with Gasteiger partial charge in [0.05, 0.1) is 5.69 Å². The molecule has 0 radical (unpaired) electrons. The van der Waals surface area contributed by atoms with E-state index < -0.39 is 28.0 Å². The molecule has 18 heavy (non-hydrogen) atoms. The van der Waals surface area contributed by atoms with Crippen LogP contribution >= 0.6 is 11.6 Å². The lowest BCUT2D eigenvalue weighted by atomic mass is 10.2. The Hall–Kier alpha value is -1.95. The van der Waals surface area contributed by atoms with Crippen molar-refractivity contribution in [2.45, 2.75) is 6.92 Å². The molecule has 2 aromatic rings. The van der Waals surface area contributed by atoms with E-state index >= 15 is 0 Å². The van der Waals surface area contributed by atoms with E-state index in [1.807, 2.05) is 4.98 Å². The molecule has 0 spiro atoms. The largest absolute Gasteiger partial charge is 0.334 e. The smallest absolute Gasteiger partial charge is 0.295 e. The van der Waals surface area contributed by atoms with Gasteiger partial charge in [-0.1, -0.05) is 11.6 Å². The molecule has 2 rings (SSSR count). The molecule has 0 saturated carbocycles. The Labute approximate surface area is 104 Å². The van der Waals surface area contributed by atoms with Crippen LogP contribution in [-0.2, 0) is 0 Å². The van der Waals surface area contributed by atoms with Crippen molar-refractivity contribution in [2.24, 2.45) is 0 Å². The summed E-state index contributed by atoms with van der Waals surface area (Å²) in [5, 5.41) is -0.652. The highest BCUT2D eigenvalue weighted by molar-refractivity contribution is 6.29. The maximum atomic E-state index is 13.4. The molecule has 0 bridgehead atoms. The van der Waals surface area contributed by atoms with Crippen LogP contribution in [-0.4, -0.2) is 9.55 Å². The van der Waals surface area contributed by atoms with Gasteiger partial charge in [-0.3, -0.25) is 9.78 Å². The zero-order chi connectivity index (χ0) is 13.4. The molecule has 0 aliphatic carbocycles. The Bertz CT molecular complexity index is 737. The fourth-order valence-corrected chi connectivity index (χ4v) is 1.74. The van der Waals surface area contributed by atoms with Crippen LogP contribution < -0.4 is 11.2 Å². The van der Waals surface area contributed by atoms with E-state index in [4.69, 9.17) is 11.6 Å². The summed E-state index contributed by atoms with van der Waals surface area (Å²) in [4.78, 5) is 25.2. The highest BCUT2D eigenvalue weighted by atomic mass is 35.5. The summed E-state index contributed by atoms with van der Waals surface area (Å²) in [5.41, 5.74) is -1.65. The maximum Gasteiger partial charge on any atom is 0.334 e. The Balaban J connectivity index is 2.84. The number of aryl methyl sites for hydroxylation is 1. The molecule has 1 aromatic carbocycles. The standard InChI is InChI=1S/C11H7ClF2N2O2/c1-5-4-6(13)2-3-7(5)16-10(17)8(14)9(12)15-11(16)18/h2-4H,1H3,(H,15,18). The van der Waals surface area contributed by atoms with Crippen LogP contribution in [0.4, 0.5) is 8.78 Å². The molecule has 4 nitrogen and oxygen atoms in total. The van der Waals surface area contributed by atoms with Crippen molar-refractivity contribution in [3.63, 3.8) is 0 Å². The van der Waals surface area contributed by atoms with Gasteiger partial charge in [-0.2, -0.15) is 4.39 Å². The first kappa shape index (κ1) is 12.5. The van der Waals surface area contributed by atoms with Crippen molar-refractivity contribution in [3.8, 4) is 5.69 Å². The normalized spacial score (nSPS) is 10.7. The third-order valence-electron chi connectivity index (χ3n) is 2.40. The monoisotopic (exact) mass is 272 g/mol. The Kier molecular flexibility index (Phi) is 3.04. The van der Waals surface area contributed by atoms with Gasteiger partial charge in [0.2, 0.25) is 5.82 Å². The van der Waals surface area contributed by atoms with Gasteiger partial charge >= 0.3 is 5.69 Å². The lowest BCUT2D eigenvalue weighted by molar-refractivity contribution is 0.583. The molecule has 1 N–H and O–H groups in total. The molecule has 1 aromatic heterocycles. The van der Waals surface area contributed by atoms with E-state index in [2.05, 4.69) is 0 Å². The molecule has 0 aliphatic heterocycles. The summed E-state index contributed by atoms with van der Waals surface area (Å²) >= 11 is 5.34. The molecular formula is C11H7ClF2N2O2. The molecular weight excluding hydrogens is 266 g/mol. The van der Waals surface area contributed by atoms with E-state index in [0.29, 0.717) is 10.1 Å². The van der Waals surface area contributed by atoms with Crippen LogP contribution in [0.5, 0.6) is 0 Å². The van der Waals surface area contributed by atoms with Crippen molar-refractivity contribution in [3.05, 3.63) is 61.4 Å². The molecule has 7 heteroatoms. The zero-order valence-corrected chi connectivity index (χ0v) is 9.89. The van der Waals surface area contributed by atoms with Gasteiger partial charge in [-0.15, -0.1) is 0 Å². The number of rotatable bonds is 1. The fraction of sp³-hybridized carbons (Fsp3) is 0.0909. The second-order valence-electron chi connectivity index (χ2n) is 3.63. The number of nitrogens with zero attached hydrogens (tertiary/aromatic N) is 1. The Morgan fingerprint density at radius 3 is 2.56 bits per heavy atom. The quantitative estimate of drug-likeness (QED) is 0.805. The summed E-state index contributed by atoms with van der Waals surface area (Å²) in [7, 11) is 0.